The first-order valence-corrected chi connectivity index (χ1v) is 9.83. The second-order valence-corrected chi connectivity index (χ2v) is 7.36. The zero-order chi connectivity index (χ0) is 21.9. The van der Waals surface area contributed by atoms with Crippen molar-refractivity contribution < 1.29 is 14.5 Å². The summed E-state index contributed by atoms with van der Waals surface area (Å²) in [6.45, 7) is 13.8. The first-order chi connectivity index (χ1) is 13.6. The maximum Gasteiger partial charge on any atom is 0.277 e. The van der Waals surface area contributed by atoms with Gasteiger partial charge in [0.25, 0.3) is 5.69 Å². The van der Waals surface area contributed by atoms with Crippen LogP contribution in [0.15, 0.2) is 23.9 Å². The Morgan fingerprint density at radius 1 is 1.24 bits per heavy atom. The molecule has 0 amide bonds. The Labute approximate surface area is 171 Å². The molecule has 0 bridgehead atoms. The summed E-state index contributed by atoms with van der Waals surface area (Å²) in [5.74, 6) is 0.184. The summed E-state index contributed by atoms with van der Waals surface area (Å²) in [6.07, 6.45) is 2.24. The molecule has 1 atom stereocenters. The largest absolute Gasteiger partial charge is 0.474 e. The monoisotopic (exact) mass is 399 g/mol. The first-order valence-electron chi connectivity index (χ1n) is 9.83. The van der Waals surface area contributed by atoms with E-state index in [-0.39, 0.29) is 17.6 Å². The van der Waals surface area contributed by atoms with Gasteiger partial charge < -0.3 is 4.74 Å². The van der Waals surface area contributed by atoms with E-state index in [1.54, 1.807) is 11.6 Å². The quantitative estimate of drug-likeness (QED) is 0.340. The fourth-order valence-electron chi connectivity index (χ4n) is 3.12. The number of nitro groups is 1. The molecular formula is C22H29N3O4. The molecule has 7 nitrogen and oxygen atoms in total. The van der Waals surface area contributed by atoms with E-state index in [0.717, 1.165) is 17.6 Å². The van der Waals surface area contributed by atoms with E-state index >= 15 is 0 Å². The molecule has 0 saturated carbocycles. The molecule has 156 valence electrons. The molecule has 0 saturated heterocycles. The molecule has 1 unspecified atom stereocenters. The number of ketones is 1. The highest BCUT2D eigenvalue weighted by Crippen LogP contribution is 2.34. The van der Waals surface area contributed by atoms with E-state index in [4.69, 9.17) is 4.74 Å². The maximum absolute atomic E-state index is 13.4. The van der Waals surface area contributed by atoms with Crippen molar-refractivity contribution in [2.75, 3.05) is 0 Å². The molecule has 1 aromatic heterocycles. The minimum absolute atomic E-state index is 0.00178. The number of nitro benzene ring substituents is 1. The predicted octanol–water partition coefficient (Wildman–Crippen LogP) is 5.34. The van der Waals surface area contributed by atoms with Crippen LogP contribution in [0.5, 0.6) is 5.88 Å². The van der Waals surface area contributed by atoms with Gasteiger partial charge in [0.1, 0.15) is 5.56 Å². The molecule has 0 aliphatic carbocycles. The Morgan fingerprint density at radius 2 is 1.90 bits per heavy atom. The van der Waals surface area contributed by atoms with Crippen molar-refractivity contribution >= 4 is 17.0 Å². The molecule has 2 aromatic rings. The predicted molar refractivity (Wildman–Crippen MR) is 113 cm³/mol. The number of rotatable bonds is 8. The van der Waals surface area contributed by atoms with Crippen molar-refractivity contribution in [1.82, 2.24) is 9.78 Å². The van der Waals surface area contributed by atoms with E-state index in [2.05, 4.69) is 5.10 Å². The van der Waals surface area contributed by atoms with Crippen molar-refractivity contribution in [2.45, 2.75) is 67.5 Å². The smallest absolute Gasteiger partial charge is 0.277 e. The van der Waals surface area contributed by atoms with E-state index in [0.29, 0.717) is 34.7 Å². The molecule has 2 rings (SSSR count). The summed E-state index contributed by atoms with van der Waals surface area (Å²) in [6, 6.07) is 2.93. The number of nitrogens with zero attached hydrogens (tertiary/aromatic N) is 3. The lowest BCUT2D eigenvalue weighted by molar-refractivity contribution is -0.385. The van der Waals surface area contributed by atoms with Crippen LogP contribution < -0.4 is 4.74 Å². The Bertz CT molecular complexity index is 969. The van der Waals surface area contributed by atoms with Gasteiger partial charge in [0.15, 0.2) is 5.78 Å². The first kappa shape index (κ1) is 22.3. The average molecular weight is 399 g/mol. The Balaban J connectivity index is 2.66. The molecule has 7 heteroatoms. The highest BCUT2D eigenvalue weighted by Gasteiger charge is 2.27. The second-order valence-electron chi connectivity index (χ2n) is 7.36. The number of hydrogen-bond acceptors (Lipinski definition) is 5. The topological polar surface area (TPSA) is 87.3 Å². The number of aromatic nitrogens is 2. The third-order valence-corrected chi connectivity index (χ3v) is 5.23. The number of ether oxygens (including phenoxy) is 1. The van der Waals surface area contributed by atoms with Crippen molar-refractivity contribution in [1.29, 1.82) is 0 Å². The molecule has 29 heavy (non-hydrogen) atoms. The van der Waals surface area contributed by atoms with Gasteiger partial charge in [-0.25, -0.2) is 4.68 Å². The van der Waals surface area contributed by atoms with Gasteiger partial charge in [-0.2, -0.15) is 5.10 Å². The van der Waals surface area contributed by atoms with E-state index in [1.165, 1.54) is 18.3 Å². The van der Waals surface area contributed by atoms with Crippen LogP contribution in [0, 0.1) is 17.0 Å². The van der Waals surface area contributed by atoms with Crippen LogP contribution in [0.25, 0.3) is 5.57 Å². The molecule has 0 fully saturated rings. The Morgan fingerprint density at radius 3 is 2.41 bits per heavy atom. The van der Waals surface area contributed by atoms with Gasteiger partial charge in [0.05, 0.1) is 22.8 Å². The summed E-state index contributed by atoms with van der Waals surface area (Å²) in [5.41, 5.74) is 3.61. The second kappa shape index (κ2) is 9.03. The Kier molecular flexibility index (Phi) is 6.95. The average Bonchev–Trinajstić information content (AvgIpc) is 3.08. The van der Waals surface area contributed by atoms with Crippen LogP contribution in [-0.2, 0) is 6.54 Å². The van der Waals surface area contributed by atoms with Crippen LogP contribution in [-0.4, -0.2) is 26.6 Å². The summed E-state index contributed by atoms with van der Waals surface area (Å²) in [4.78, 5) is 24.6. The van der Waals surface area contributed by atoms with Gasteiger partial charge in [-0.3, -0.25) is 14.9 Å². The number of aryl methyl sites for hydroxylation is 1. The fraction of sp³-hybridized carbons (Fsp3) is 0.455. The van der Waals surface area contributed by atoms with Crippen molar-refractivity contribution in [3.8, 4) is 5.88 Å². The van der Waals surface area contributed by atoms with Gasteiger partial charge in [-0.15, -0.1) is 0 Å². The molecule has 0 radical (unpaired) electrons. The summed E-state index contributed by atoms with van der Waals surface area (Å²) < 4.78 is 7.63. The van der Waals surface area contributed by atoms with Gasteiger partial charge >= 0.3 is 0 Å². The van der Waals surface area contributed by atoms with E-state index in [1.807, 2.05) is 41.5 Å². The van der Waals surface area contributed by atoms with Gasteiger partial charge in [-0.05, 0) is 65.2 Å². The highest BCUT2D eigenvalue weighted by molar-refractivity contribution is 6.12. The third kappa shape index (κ3) is 4.39. The maximum atomic E-state index is 13.4. The standard InChI is InChI=1S/C22H29N3O4/c1-8-14(5)29-22-18(12-23-24(22)9-2)21(26)17-10-11-19(25(27)28)20(16(17)7)15(6)13(3)4/h10-12,14H,8-9H2,1-7H3. The van der Waals surface area contributed by atoms with Gasteiger partial charge in [0, 0.05) is 18.2 Å². The van der Waals surface area contributed by atoms with Crippen LogP contribution in [0.4, 0.5) is 5.69 Å². The molecular weight excluding hydrogens is 370 g/mol. The van der Waals surface area contributed by atoms with E-state index < -0.39 is 4.92 Å². The zero-order valence-corrected chi connectivity index (χ0v) is 18.2. The number of hydrogen-bond donors (Lipinski definition) is 0. The van der Waals surface area contributed by atoms with Crippen LogP contribution in [0.2, 0.25) is 0 Å². The normalized spacial score (nSPS) is 11.8. The van der Waals surface area contributed by atoms with Crippen LogP contribution >= 0.6 is 0 Å². The van der Waals surface area contributed by atoms with E-state index in [9.17, 15) is 14.9 Å². The summed E-state index contributed by atoms with van der Waals surface area (Å²) in [5, 5.41) is 15.9. The summed E-state index contributed by atoms with van der Waals surface area (Å²) >= 11 is 0. The van der Waals surface area contributed by atoms with Crippen LogP contribution in [0.1, 0.15) is 75.0 Å². The zero-order valence-electron chi connectivity index (χ0n) is 18.2. The highest BCUT2D eigenvalue weighted by atomic mass is 16.6. The van der Waals surface area contributed by atoms with Crippen molar-refractivity contribution in [3.63, 3.8) is 0 Å². The molecule has 0 aliphatic rings. The lowest BCUT2D eigenvalue weighted by Crippen LogP contribution is -2.16. The summed E-state index contributed by atoms with van der Waals surface area (Å²) in [7, 11) is 0. The third-order valence-electron chi connectivity index (χ3n) is 5.23. The lowest BCUT2D eigenvalue weighted by Gasteiger charge is -2.16. The number of benzene rings is 1. The fourth-order valence-corrected chi connectivity index (χ4v) is 3.12. The molecule has 0 spiro atoms. The SMILES string of the molecule is CCC(C)Oc1c(C(=O)c2ccc([N+](=O)[O-])c(C(C)=C(C)C)c2C)cnn1CC. The molecule has 1 aromatic carbocycles. The lowest BCUT2D eigenvalue weighted by atomic mass is 9.90. The van der Waals surface area contributed by atoms with Crippen molar-refractivity contribution in [3.05, 3.63) is 56.3 Å². The molecule has 0 N–H and O–H groups in total. The van der Waals surface area contributed by atoms with Crippen molar-refractivity contribution in [2.24, 2.45) is 0 Å². The number of carbonyl (C=O) groups excluding carboxylic acids is 1. The number of allylic oxidation sites excluding steroid dienone is 2. The van der Waals surface area contributed by atoms with Gasteiger partial charge in [-0.1, -0.05) is 12.5 Å². The Hall–Kier alpha value is -2.96. The minimum atomic E-state index is -0.407. The molecule has 0 aliphatic heterocycles. The minimum Gasteiger partial charge on any atom is -0.474 e. The number of carbonyl (C=O) groups is 1. The molecule has 1 heterocycles. The van der Waals surface area contributed by atoms with Crippen LogP contribution in [0.3, 0.4) is 0 Å². The van der Waals surface area contributed by atoms with Gasteiger partial charge in [0.2, 0.25) is 5.88 Å².